The molecule has 0 bridgehead atoms. The number of nitrogens with two attached hydrogens (primary N) is 1. The number of aryl methyl sites for hydroxylation is 2. The van der Waals surface area contributed by atoms with Crippen molar-refractivity contribution in [3.05, 3.63) is 56.8 Å². The number of halogens is 2. The van der Waals surface area contributed by atoms with Crippen molar-refractivity contribution in [2.75, 3.05) is 0 Å². The number of fused-ring (bicyclic) bond motifs is 1. The second-order valence-corrected chi connectivity index (χ2v) is 5.76. The maximum atomic E-state index is 13.7. The molecule has 0 aliphatic heterocycles. The van der Waals surface area contributed by atoms with Crippen molar-refractivity contribution in [3.63, 3.8) is 0 Å². The van der Waals surface area contributed by atoms with Gasteiger partial charge in [0.1, 0.15) is 11.6 Å². The Balaban J connectivity index is 1.98. The molecule has 0 fully saturated rings. The molecule has 1 aliphatic carbocycles. The number of benzene rings is 1. The molecule has 18 heavy (non-hydrogen) atoms. The van der Waals surface area contributed by atoms with Gasteiger partial charge in [-0.3, -0.25) is 0 Å². The molecule has 1 unspecified atom stereocenters. The van der Waals surface area contributed by atoms with E-state index >= 15 is 0 Å². The first-order valence-electron chi connectivity index (χ1n) is 5.97. The lowest BCUT2D eigenvalue weighted by atomic mass is 10.0. The first-order valence-corrected chi connectivity index (χ1v) is 6.79. The van der Waals surface area contributed by atoms with E-state index in [0.717, 1.165) is 29.9 Å². The fourth-order valence-corrected chi connectivity index (χ4v) is 3.69. The van der Waals surface area contributed by atoms with Crippen LogP contribution >= 0.6 is 11.3 Å². The van der Waals surface area contributed by atoms with Gasteiger partial charge in [0.2, 0.25) is 0 Å². The minimum Gasteiger partial charge on any atom is -0.320 e. The van der Waals surface area contributed by atoms with E-state index in [2.05, 4.69) is 0 Å². The van der Waals surface area contributed by atoms with E-state index in [4.69, 9.17) is 5.73 Å². The Bertz CT molecular complexity index is 570. The van der Waals surface area contributed by atoms with Crippen LogP contribution in [0.1, 0.15) is 33.3 Å². The lowest BCUT2D eigenvalue weighted by Crippen LogP contribution is -2.12. The number of hydrogen-bond acceptors (Lipinski definition) is 2. The van der Waals surface area contributed by atoms with E-state index in [1.807, 2.05) is 6.07 Å². The third kappa shape index (κ3) is 1.95. The number of hydrogen-bond donors (Lipinski definition) is 1. The monoisotopic (exact) mass is 265 g/mol. The zero-order valence-corrected chi connectivity index (χ0v) is 10.6. The van der Waals surface area contributed by atoms with E-state index in [1.165, 1.54) is 22.9 Å². The van der Waals surface area contributed by atoms with Crippen molar-refractivity contribution in [1.82, 2.24) is 0 Å². The molecule has 1 aliphatic rings. The fraction of sp³-hybridized carbons (Fsp3) is 0.286. The molecule has 1 nitrogen and oxygen atoms in total. The van der Waals surface area contributed by atoms with Gasteiger partial charge < -0.3 is 5.73 Å². The highest BCUT2D eigenvalue weighted by Crippen LogP contribution is 2.35. The van der Waals surface area contributed by atoms with E-state index in [-0.39, 0.29) is 5.56 Å². The Hall–Kier alpha value is -1.26. The highest BCUT2D eigenvalue weighted by Gasteiger charge is 2.21. The van der Waals surface area contributed by atoms with E-state index in [9.17, 15) is 8.78 Å². The summed E-state index contributed by atoms with van der Waals surface area (Å²) >= 11 is 1.63. The summed E-state index contributed by atoms with van der Waals surface area (Å²) in [6, 6.07) is 4.90. The van der Waals surface area contributed by atoms with Crippen molar-refractivity contribution in [1.29, 1.82) is 0 Å². The van der Waals surface area contributed by atoms with Crippen LogP contribution < -0.4 is 5.73 Å². The fourth-order valence-electron chi connectivity index (χ4n) is 2.41. The van der Waals surface area contributed by atoms with Crippen molar-refractivity contribution in [2.45, 2.75) is 25.3 Å². The molecule has 1 aromatic heterocycles. The Labute approximate surface area is 108 Å². The van der Waals surface area contributed by atoms with Crippen LogP contribution in [-0.2, 0) is 12.8 Å². The third-order valence-corrected chi connectivity index (χ3v) is 4.69. The van der Waals surface area contributed by atoms with E-state index in [0.29, 0.717) is 0 Å². The summed E-state index contributed by atoms with van der Waals surface area (Å²) in [5.41, 5.74) is 7.60. The van der Waals surface area contributed by atoms with E-state index < -0.39 is 17.7 Å². The summed E-state index contributed by atoms with van der Waals surface area (Å²) in [4.78, 5) is 2.27. The average Bonchev–Trinajstić information content (AvgIpc) is 2.91. The molecule has 2 N–H and O–H groups in total. The third-order valence-electron chi connectivity index (χ3n) is 3.37. The Kier molecular flexibility index (Phi) is 2.92. The summed E-state index contributed by atoms with van der Waals surface area (Å²) in [5, 5.41) is 0. The SMILES string of the molecule is NC(c1cc2c(s1)CCC2)c1cc(F)ccc1F. The number of rotatable bonds is 2. The van der Waals surface area contributed by atoms with Gasteiger partial charge in [-0.15, -0.1) is 11.3 Å². The molecular formula is C14H13F2NS. The molecule has 1 heterocycles. The topological polar surface area (TPSA) is 26.0 Å². The Morgan fingerprint density at radius 1 is 1.17 bits per heavy atom. The molecule has 0 amide bonds. The van der Waals surface area contributed by atoms with Gasteiger partial charge in [0.25, 0.3) is 0 Å². The van der Waals surface area contributed by atoms with Crippen molar-refractivity contribution < 1.29 is 8.78 Å². The summed E-state index contributed by atoms with van der Waals surface area (Å²) in [6.45, 7) is 0. The van der Waals surface area contributed by atoms with Crippen LogP contribution in [0, 0.1) is 11.6 Å². The highest BCUT2D eigenvalue weighted by atomic mass is 32.1. The van der Waals surface area contributed by atoms with Crippen LogP contribution in [-0.4, -0.2) is 0 Å². The van der Waals surface area contributed by atoms with Crippen LogP contribution in [0.4, 0.5) is 8.78 Å². The molecule has 94 valence electrons. The summed E-state index contributed by atoms with van der Waals surface area (Å²) in [7, 11) is 0. The molecule has 4 heteroatoms. The van der Waals surface area contributed by atoms with Crippen LogP contribution in [0.2, 0.25) is 0 Å². The van der Waals surface area contributed by atoms with Gasteiger partial charge in [0, 0.05) is 15.3 Å². The van der Waals surface area contributed by atoms with Crippen LogP contribution in [0.3, 0.4) is 0 Å². The maximum Gasteiger partial charge on any atom is 0.128 e. The largest absolute Gasteiger partial charge is 0.320 e. The Morgan fingerprint density at radius 2 is 2.00 bits per heavy atom. The highest BCUT2D eigenvalue weighted by molar-refractivity contribution is 7.12. The summed E-state index contributed by atoms with van der Waals surface area (Å²) in [6.07, 6.45) is 3.34. The smallest absolute Gasteiger partial charge is 0.128 e. The zero-order valence-electron chi connectivity index (χ0n) is 9.75. The molecule has 0 radical (unpaired) electrons. The van der Waals surface area contributed by atoms with Gasteiger partial charge in [-0.25, -0.2) is 8.78 Å². The molecule has 3 rings (SSSR count). The summed E-state index contributed by atoms with van der Waals surface area (Å²) < 4.78 is 26.8. The van der Waals surface area contributed by atoms with Crippen molar-refractivity contribution >= 4 is 11.3 Å². The van der Waals surface area contributed by atoms with Crippen LogP contribution in [0.15, 0.2) is 24.3 Å². The second-order valence-electron chi connectivity index (χ2n) is 4.59. The first-order chi connectivity index (χ1) is 8.65. The number of thiophene rings is 1. The standard InChI is InChI=1S/C14H13F2NS/c15-9-4-5-11(16)10(7-9)14(17)13-6-8-2-1-3-12(8)18-13/h4-7,14H,1-3,17H2. The van der Waals surface area contributed by atoms with Crippen LogP contribution in [0.25, 0.3) is 0 Å². The van der Waals surface area contributed by atoms with Gasteiger partial charge in [0.15, 0.2) is 0 Å². The quantitative estimate of drug-likeness (QED) is 0.882. The Morgan fingerprint density at radius 3 is 2.78 bits per heavy atom. The predicted octanol–water partition coefficient (Wildman–Crippen LogP) is 3.56. The van der Waals surface area contributed by atoms with Gasteiger partial charge in [-0.2, -0.15) is 0 Å². The molecule has 1 atom stereocenters. The van der Waals surface area contributed by atoms with Crippen LogP contribution in [0.5, 0.6) is 0 Å². The molecule has 0 saturated carbocycles. The molecular weight excluding hydrogens is 252 g/mol. The molecule has 0 spiro atoms. The maximum absolute atomic E-state index is 13.7. The molecule has 2 aromatic rings. The summed E-state index contributed by atoms with van der Waals surface area (Å²) in [5.74, 6) is -0.900. The average molecular weight is 265 g/mol. The van der Waals surface area contributed by atoms with Crippen molar-refractivity contribution in [3.8, 4) is 0 Å². The zero-order chi connectivity index (χ0) is 12.7. The molecule has 0 saturated heterocycles. The lowest BCUT2D eigenvalue weighted by molar-refractivity contribution is 0.577. The predicted molar refractivity (Wildman–Crippen MR) is 68.7 cm³/mol. The van der Waals surface area contributed by atoms with Gasteiger partial charge in [-0.05, 0) is 49.1 Å². The van der Waals surface area contributed by atoms with Crippen molar-refractivity contribution in [2.24, 2.45) is 5.73 Å². The van der Waals surface area contributed by atoms with Gasteiger partial charge >= 0.3 is 0 Å². The normalized spacial score (nSPS) is 15.7. The van der Waals surface area contributed by atoms with Gasteiger partial charge in [-0.1, -0.05) is 0 Å². The second kappa shape index (κ2) is 4.44. The van der Waals surface area contributed by atoms with E-state index in [1.54, 1.807) is 11.3 Å². The minimum absolute atomic E-state index is 0.231. The first kappa shape index (κ1) is 11.8. The minimum atomic E-state index is -0.573. The van der Waals surface area contributed by atoms with Gasteiger partial charge in [0.05, 0.1) is 6.04 Å². The lowest BCUT2D eigenvalue weighted by Gasteiger charge is -2.11. The molecule has 1 aromatic carbocycles.